The lowest BCUT2D eigenvalue weighted by Crippen LogP contribution is -2.37. The topological polar surface area (TPSA) is 50.4 Å². The molecule has 110 valence electrons. The van der Waals surface area contributed by atoms with Gasteiger partial charge in [-0.1, -0.05) is 24.3 Å². The number of fused-ring (bicyclic) bond motifs is 1. The van der Waals surface area contributed by atoms with Crippen molar-refractivity contribution >= 4 is 6.09 Å². The second-order valence-corrected chi connectivity index (χ2v) is 6.17. The highest BCUT2D eigenvalue weighted by Crippen LogP contribution is 2.30. The maximum Gasteiger partial charge on any atom is 0.407 e. The summed E-state index contributed by atoms with van der Waals surface area (Å²) in [7, 11) is 0. The van der Waals surface area contributed by atoms with Crippen LogP contribution < -0.4 is 10.6 Å². The predicted molar refractivity (Wildman–Crippen MR) is 79.7 cm³/mol. The number of ether oxygens (including phenoxy) is 1. The molecular weight excluding hydrogens is 252 g/mol. The molecule has 0 bridgehead atoms. The Morgan fingerprint density at radius 3 is 2.80 bits per heavy atom. The highest BCUT2D eigenvalue weighted by Gasteiger charge is 2.21. The molecular formula is C16H24N2O2. The molecule has 0 fully saturated rings. The molecule has 4 heteroatoms. The molecule has 1 aromatic carbocycles. The van der Waals surface area contributed by atoms with Crippen molar-refractivity contribution in [1.29, 1.82) is 0 Å². The average Bonchev–Trinajstić information content (AvgIpc) is 2.76. The minimum absolute atomic E-state index is 0.355. The maximum atomic E-state index is 11.5. The third-order valence-electron chi connectivity index (χ3n) is 3.32. The molecule has 1 amide bonds. The number of nitrogens with one attached hydrogen (secondary N) is 2. The third kappa shape index (κ3) is 4.23. The minimum Gasteiger partial charge on any atom is -0.444 e. The fourth-order valence-corrected chi connectivity index (χ4v) is 2.49. The zero-order chi connectivity index (χ0) is 14.6. The molecule has 1 aliphatic carbocycles. The third-order valence-corrected chi connectivity index (χ3v) is 3.32. The first-order valence-electron chi connectivity index (χ1n) is 7.24. The van der Waals surface area contributed by atoms with Crippen molar-refractivity contribution in [3.63, 3.8) is 0 Å². The summed E-state index contributed by atoms with van der Waals surface area (Å²) in [4.78, 5) is 11.5. The summed E-state index contributed by atoms with van der Waals surface area (Å²) in [5.74, 6) is 0. The van der Waals surface area contributed by atoms with E-state index in [-0.39, 0.29) is 6.09 Å². The average molecular weight is 276 g/mol. The SMILES string of the molecule is CC(C)(C)OC(=O)NCCNC1CCc2ccccc21. The Labute approximate surface area is 120 Å². The summed E-state index contributed by atoms with van der Waals surface area (Å²) in [6.45, 7) is 6.91. The molecule has 1 aromatic rings. The molecule has 0 saturated heterocycles. The van der Waals surface area contributed by atoms with Gasteiger partial charge < -0.3 is 15.4 Å². The summed E-state index contributed by atoms with van der Waals surface area (Å²) >= 11 is 0. The van der Waals surface area contributed by atoms with E-state index in [4.69, 9.17) is 4.74 Å². The summed E-state index contributed by atoms with van der Waals surface area (Å²) < 4.78 is 5.19. The van der Waals surface area contributed by atoms with Gasteiger partial charge in [-0.15, -0.1) is 0 Å². The fraction of sp³-hybridized carbons (Fsp3) is 0.562. The van der Waals surface area contributed by atoms with Crippen molar-refractivity contribution in [1.82, 2.24) is 10.6 Å². The molecule has 1 atom stereocenters. The van der Waals surface area contributed by atoms with Gasteiger partial charge in [0, 0.05) is 19.1 Å². The number of aryl methyl sites for hydroxylation is 1. The molecule has 2 N–H and O–H groups in total. The number of benzene rings is 1. The van der Waals surface area contributed by atoms with Crippen molar-refractivity contribution in [3.8, 4) is 0 Å². The fourth-order valence-electron chi connectivity index (χ4n) is 2.49. The Morgan fingerprint density at radius 2 is 2.05 bits per heavy atom. The first-order chi connectivity index (χ1) is 9.46. The van der Waals surface area contributed by atoms with E-state index < -0.39 is 5.60 Å². The van der Waals surface area contributed by atoms with E-state index >= 15 is 0 Å². The van der Waals surface area contributed by atoms with Crippen LogP contribution in [0.5, 0.6) is 0 Å². The molecule has 0 aliphatic heterocycles. The predicted octanol–water partition coefficient (Wildman–Crippen LogP) is 2.79. The lowest BCUT2D eigenvalue weighted by Gasteiger charge is -2.20. The van der Waals surface area contributed by atoms with E-state index in [9.17, 15) is 4.79 Å². The summed E-state index contributed by atoms with van der Waals surface area (Å²) in [6, 6.07) is 8.95. The van der Waals surface area contributed by atoms with E-state index in [1.54, 1.807) is 0 Å². The largest absolute Gasteiger partial charge is 0.444 e. The molecule has 0 spiro atoms. The zero-order valence-corrected chi connectivity index (χ0v) is 12.5. The maximum absolute atomic E-state index is 11.5. The number of rotatable bonds is 4. The number of hydrogen-bond donors (Lipinski definition) is 2. The lowest BCUT2D eigenvalue weighted by molar-refractivity contribution is 0.0528. The molecule has 0 heterocycles. The lowest BCUT2D eigenvalue weighted by atomic mass is 10.1. The normalized spacial score (nSPS) is 17.6. The van der Waals surface area contributed by atoms with Crippen LogP contribution in [-0.2, 0) is 11.2 Å². The molecule has 20 heavy (non-hydrogen) atoms. The molecule has 1 unspecified atom stereocenters. The quantitative estimate of drug-likeness (QED) is 0.831. The van der Waals surface area contributed by atoms with E-state index in [0.29, 0.717) is 12.6 Å². The van der Waals surface area contributed by atoms with E-state index in [0.717, 1.165) is 19.4 Å². The highest BCUT2D eigenvalue weighted by atomic mass is 16.6. The van der Waals surface area contributed by atoms with Crippen LogP contribution in [0.4, 0.5) is 4.79 Å². The first kappa shape index (κ1) is 14.9. The molecule has 0 radical (unpaired) electrons. The number of alkyl carbamates (subject to hydrolysis) is 1. The Kier molecular flexibility index (Phi) is 4.65. The second-order valence-electron chi connectivity index (χ2n) is 6.17. The molecule has 2 rings (SSSR count). The minimum atomic E-state index is -0.443. The van der Waals surface area contributed by atoms with Crippen molar-refractivity contribution in [3.05, 3.63) is 35.4 Å². The van der Waals surface area contributed by atoms with Crippen LogP contribution in [0.15, 0.2) is 24.3 Å². The highest BCUT2D eigenvalue weighted by molar-refractivity contribution is 5.67. The van der Waals surface area contributed by atoms with Gasteiger partial charge in [0.05, 0.1) is 0 Å². The first-order valence-corrected chi connectivity index (χ1v) is 7.24. The standard InChI is InChI=1S/C16H24N2O2/c1-16(2,3)20-15(19)18-11-10-17-14-9-8-12-6-4-5-7-13(12)14/h4-7,14,17H,8-11H2,1-3H3,(H,18,19). The van der Waals surface area contributed by atoms with Gasteiger partial charge in [0.2, 0.25) is 0 Å². The monoisotopic (exact) mass is 276 g/mol. The van der Waals surface area contributed by atoms with Gasteiger partial charge in [-0.25, -0.2) is 4.79 Å². The second kappa shape index (κ2) is 6.27. The van der Waals surface area contributed by atoms with Gasteiger partial charge in [0.25, 0.3) is 0 Å². The van der Waals surface area contributed by atoms with Gasteiger partial charge in [-0.05, 0) is 44.7 Å². The van der Waals surface area contributed by atoms with Crippen molar-refractivity contribution in [2.24, 2.45) is 0 Å². The zero-order valence-electron chi connectivity index (χ0n) is 12.5. The molecule has 4 nitrogen and oxygen atoms in total. The van der Waals surface area contributed by atoms with Crippen molar-refractivity contribution < 1.29 is 9.53 Å². The van der Waals surface area contributed by atoms with Crippen LogP contribution in [0, 0.1) is 0 Å². The summed E-state index contributed by atoms with van der Waals surface area (Å²) in [5, 5.41) is 6.25. The van der Waals surface area contributed by atoms with Crippen molar-refractivity contribution in [2.75, 3.05) is 13.1 Å². The smallest absolute Gasteiger partial charge is 0.407 e. The van der Waals surface area contributed by atoms with Gasteiger partial charge in [0.15, 0.2) is 0 Å². The molecule has 0 aromatic heterocycles. The molecule has 1 aliphatic rings. The number of hydrogen-bond acceptors (Lipinski definition) is 3. The Hall–Kier alpha value is -1.55. The molecule has 0 saturated carbocycles. The number of amides is 1. The van der Waals surface area contributed by atoms with Gasteiger partial charge in [-0.3, -0.25) is 0 Å². The van der Waals surface area contributed by atoms with Crippen LogP contribution in [-0.4, -0.2) is 24.8 Å². The Balaban J connectivity index is 1.69. The van der Waals surface area contributed by atoms with Gasteiger partial charge in [-0.2, -0.15) is 0 Å². The number of carbonyl (C=O) groups excluding carboxylic acids is 1. The van der Waals surface area contributed by atoms with Gasteiger partial charge in [0.1, 0.15) is 5.60 Å². The van der Waals surface area contributed by atoms with Crippen molar-refractivity contribution in [2.45, 2.75) is 45.3 Å². The van der Waals surface area contributed by atoms with Crippen LogP contribution >= 0.6 is 0 Å². The van der Waals surface area contributed by atoms with E-state index in [1.165, 1.54) is 11.1 Å². The van der Waals surface area contributed by atoms with Crippen LogP contribution in [0.2, 0.25) is 0 Å². The van der Waals surface area contributed by atoms with Crippen LogP contribution in [0.3, 0.4) is 0 Å². The summed E-state index contributed by atoms with van der Waals surface area (Å²) in [5.41, 5.74) is 2.39. The summed E-state index contributed by atoms with van der Waals surface area (Å²) in [6.07, 6.45) is 1.91. The van der Waals surface area contributed by atoms with Crippen LogP contribution in [0.1, 0.15) is 44.4 Å². The van der Waals surface area contributed by atoms with E-state index in [1.807, 2.05) is 20.8 Å². The van der Waals surface area contributed by atoms with Crippen LogP contribution in [0.25, 0.3) is 0 Å². The Morgan fingerprint density at radius 1 is 1.30 bits per heavy atom. The number of carbonyl (C=O) groups is 1. The van der Waals surface area contributed by atoms with Gasteiger partial charge >= 0.3 is 6.09 Å². The van der Waals surface area contributed by atoms with E-state index in [2.05, 4.69) is 34.9 Å². The Bertz CT molecular complexity index is 466.